The van der Waals surface area contributed by atoms with Crippen LogP contribution in [0.3, 0.4) is 0 Å². The van der Waals surface area contributed by atoms with Crippen molar-refractivity contribution in [1.29, 1.82) is 0 Å². The Hall–Kier alpha value is -2.62. The summed E-state index contributed by atoms with van der Waals surface area (Å²) in [6, 6.07) is 17.1. The molecular formula is C18H19NO3. The standard InChI is InChI=1S/C18H19NO3/c1-22-18(21)12-9-14-7-10-16(11-8-14)19-17(20)13-15-5-3-2-4-6-15/h2-8,10-11H,9,12-13H2,1H3,(H,19,20). The van der Waals surface area contributed by atoms with Crippen molar-refractivity contribution in [1.82, 2.24) is 0 Å². The number of hydrogen-bond donors (Lipinski definition) is 1. The fourth-order valence-corrected chi connectivity index (χ4v) is 2.09. The molecule has 0 unspecified atom stereocenters. The molecule has 0 fully saturated rings. The fraction of sp³-hybridized carbons (Fsp3) is 0.222. The summed E-state index contributed by atoms with van der Waals surface area (Å²) < 4.78 is 4.61. The molecule has 0 saturated heterocycles. The van der Waals surface area contributed by atoms with Crippen molar-refractivity contribution in [3.63, 3.8) is 0 Å². The van der Waals surface area contributed by atoms with Crippen LogP contribution in [0, 0.1) is 0 Å². The van der Waals surface area contributed by atoms with Gasteiger partial charge in [-0.15, -0.1) is 0 Å². The van der Waals surface area contributed by atoms with E-state index in [0.29, 0.717) is 19.3 Å². The molecule has 2 aromatic rings. The van der Waals surface area contributed by atoms with Crippen LogP contribution in [0.1, 0.15) is 17.5 Å². The minimum atomic E-state index is -0.222. The molecule has 0 aliphatic heterocycles. The van der Waals surface area contributed by atoms with Gasteiger partial charge in [0, 0.05) is 12.1 Å². The van der Waals surface area contributed by atoms with Gasteiger partial charge in [0.15, 0.2) is 0 Å². The topological polar surface area (TPSA) is 55.4 Å². The van der Waals surface area contributed by atoms with Gasteiger partial charge in [-0.25, -0.2) is 0 Å². The Kier molecular flexibility index (Phi) is 5.72. The summed E-state index contributed by atoms with van der Waals surface area (Å²) in [4.78, 5) is 23.0. The number of hydrogen-bond acceptors (Lipinski definition) is 3. The second-order valence-electron chi connectivity index (χ2n) is 4.98. The summed E-state index contributed by atoms with van der Waals surface area (Å²) in [6.45, 7) is 0. The van der Waals surface area contributed by atoms with Gasteiger partial charge >= 0.3 is 5.97 Å². The minimum Gasteiger partial charge on any atom is -0.469 e. The van der Waals surface area contributed by atoms with Crippen LogP contribution < -0.4 is 5.32 Å². The van der Waals surface area contributed by atoms with E-state index >= 15 is 0 Å². The molecule has 1 amide bonds. The van der Waals surface area contributed by atoms with Crippen LogP contribution in [-0.4, -0.2) is 19.0 Å². The average Bonchev–Trinajstić information content (AvgIpc) is 2.54. The molecule has 0 radical (unpaired) electrons. The first-order chi connectivity index (χ1) is 10.7. The van der Waals surface area contributed by atoms with Crippen LogP contribution in [0.25, 0.3) is 0 Å². The van der Waals surface area contributed by atoms with E-state index in [1.165, 1.54) is 7.11 Å². The smallest absolute Gasteiger partial charge is 0.305 e. The average molecular weight is 297 g/mol. The van der Waals surface area contributed by atoms with Crippen molar-refractivity contribution >= 4 is 17.6 Å². The highest BCUT2D eigenvalue weighted by molar-refractivity contribution is 5.92. The number of benzene rings is 2. The molecule has 114 valence electrons. The molecule has 0 atom stereocenters. The Morgan fingerprint density at radius 3 is 2.27 bits per heavy atom. The Labute approximate surface area is 130 Å². The maximum absolute atomic E-state index is 11.9. The monoisotopic (exact) mass is 297 g/mol. The summed E-state index contributed by atoms with van der Waals surface area (Å²) >= 11 is 0. The molecule has 0 heterocycles. The molecule has 0 spiro atoms. The third-order valence-corrected chi connectivity index (χ3v) is 3.29. The largest absolute Gasteiger partial charge is 0.469 e. The summed E-state index contributed by atoms with van der Waals surface area (Å²) in [7, 11) is 1.38. The van der Waals surface area contributed by atoms with Crippen molar-refractivity contribution < 1.29 is 14.3 Å². The number of ether oxygens (including phenoxy) is 1. The number of carbonyl (C=O) groups is 2. The van der Waals surface area contributed by atoms with E-state index in [4.69, 9.17) is 0 Å². The minimum absolute atomic E-state index is 0.0477. The molecule has 1 N–H and O–H groups in total. The molecule has 2 aromatic carbocycles. The molecule has 4 heteroatoms. The SMILES string of the molecule is COC(=O)CCc1ccc(NC(=O)Cc2ccccc2)cc1. The number of rotatable bonds is 6. The number of esters is 1. The Balaban J connectivity index is 1.85. The Morgan fingerprint density at radius 2 is 1.64 bits per heavy atom. The normalized spacial score (nSPS) is 10.0. The molecular weight excluding hydrogens is 278 g/mol. The fourth-order valence-electron chi connectivity index (χ4n) is 2.09. The number of carbonyl (C=O) groups excluding carboxylic acids is 2. The third-order valence-electron chi connectivity index (χ3n) is 3.29. The van der Waals surface area contributed by atoms with Crippen molar-refractivity contribution in [2.24, 2.45) is 0 Å². The zero-order chi connectivity index (χ0) is 15.8. The number of nitrogens with one attached hydrogen (secondary N) is 1. The number of aryl methyl sites for hydroxylation is 1. The van der Waals surface area contributed by atoms with Gasteiger partial charge < -0.3 is 10.1 Å². The molecule has 22 heavy (non-hydrogen) atoms. The molecule has 2 rings (SSSR count). The number of amides is 1. The van der Waals surface area contributed by atoms with Crippen LogP contribution in [0.15, 0.2) is 54.6 Å². The number of methoxy groups -OCH3 is 1. The van der Waals surface area contributed by atoms with Crippen molar-refractivity contribution in [3.8, 4) is 0 Å². The first-order valence-electron chi connectivity index (χ1n) is 7.17. The summed E-state index contributed by atoms with van der Waals surface area (Å²) in [6.07, 6.45) is 1.34. The van der Waals surface area contributed by atoms with Gasteiger partial charge in [0.05, 0.1) is 13.5 Å². The van der Waals surface area contributed by atoms with Crippen molar-refractivity contribution in [2.45, 2.75) is 19.3 Å². The van der Waals surface area contributed by atoms with Crippen LogP contribution in [-0.2, 0) is 27.2 Å². The third kappa shape index (κ3) is 5.05. The van der Waals surface area contributed by atoms with E-state index in [1.807, 2.05) is 54.6 Å². The van der Waals surface area contributed by atoms with E-state index in [2.05, 4.69) is 10.1 Å². The second-order valence-corrected chi connectivity index (χ2v) is 4.98. The molecule has 0 saturated carbocycles. The molecule has 4 nitrogen and oxygen atoms in total. The summed E-state index contributed by atoms with van der Waals surface area (Å²) in [5, 5.41) is 2.86. The lowest BCUT2D eigenvalue weighted by molar-refractivity contribution is -0.140. The van der Waals surface area contributed by atoms with E-state index in [9.17, 15) is 9.59 Å². The van der Waals surface area contributed by atoms with Gasteiger partial charge in [0.2, 0.25) is 5.91 Å². The maximum Gasteiger partial charge on any atom is 0.305 e. The highest BCUT2D eigenvalue weighted by atomic mass is 16.5. The summed E-state index contributed by atoms with van der Waals surface area (Å²) in [5.74, 6) is -0.270. The molecule has 0 bridgehead atoms. The van der Waals surface area contributed by atoms with Gasteiger partial charge in [-0.2, -0.15) is 0 Å². The maximum atomic E-state index is 11.9. The zero-order valence-electron chi connectivity index (χ0n) is 12.5. The highest BCUT2D eigenvalue weighted by Gasteiger charge is 2.05. The first-order valence-corrected chi connectivity index (χ1v) is 7.17. The van der Waals surface area contributed by atoms with Crippen LogP contribution >= 0.6 is 0 Å². The van der Waals surface area contributed by atoms with Crippen molar-refractivity contribution in [3.05, 3.63) is 65.7 Å². The predicted molar refractivity (Wildman–Crippen MR) is 85.6 cm³/mol. The first kappa shape index (κ1) is 15.8. The lowest BCUT2D eigenvalue weighted by Crippen LogP contribution is -2.14. The van der Waals surface area contributed by atoms with Gasteiger partial charge in [-0.1, -0.05) is 42.5 Å². The molecule has 0 aromatic heterocycles. The molecule has 0 aliphatic carbocycles. The highest BCUT2D eigenvalue weighted by Crippen LogP contribution is 2.12. The number of anilines is 1. The van der Waals surface area contributed by atoms with Crippen LogP contribution in [0.4, 0.5) is 5.69 Å². The van der Waals surface area contributed by atoms with E-state index in [1.54, 1.807) is 0 Å². The van der Waals surface area contributed by atoms with Crippen LogP contribution in [0.5, 0.6) is 0 Å². The lowest BCUT2D eigenvalue weighted by atomic mass is 10.1. The Bertz CT molecular complexity index is 621. The predicted octanol–water partition coefficient (Wildman–Crippen LogP) is 2.97. The van der Waals surface area contributed by atoms with Crippen LogP contribution in [0.2, 0.25) is 0 Å². The molecule has 0 aliphatic rings. The van der Waals surface area contributed by atoms with Gasteiger partial charge in [0.25, 0.3) is 0 Å². The second kappa shape index (κ2) is 7.98. The quantitative estimate of drug-likeness (QED) is 0.834. The Morgan fingerprint density at radius 1 is 0.955 bits per heavy atom. The van der Waals surface area contributed by atoms with E-state index in [0.717, 1.165) is 16.8 Å². The van der Waals surface area contributed by atoms with Gasteiger partial charge in [0.1, 0.15) is 0 Å². The summed E-state index contributed by atoms with van der Waals surface area (Å²) in [5.41, 5.74) is 2.77. The lowest BCUT2D eigenvalue weighted by Gasteiger charge is -2.07. The van der Waals surface area contributed by atoms with Gasteiger partial charge in [-0.05, 0) is 29.7 Å². The van der Waals surface area contributed by atoms with Gasteiger partial charge in [-0.3, -0.25) is 9.59 Å². The van der Waals surface area contributed by atoms with E-state index < -0.39 is 0 Å². The zero-order valence-corrected chi connectivity index (χ0v) is 12.5. The van der Waals surface area contributed by atoms with E-state index in [-0.39, 0.29) is 11.9 Å². The van der Waals surface area contributed by atoms with Crippen molar-refractivity contribution in [2.75, 3.05) is 12.4 Å².